The topological polar surface area (TPSA) is 46.8 Å². The molecule has 1 N–H and O–H groups in total. The SMILES string of the molecule is CCOC(O)c1cn2cc(Br)ccc2n1. The van der Waals surface area contributed by atoms with E-state index in [1.165, 1.54) is 0 Å². The van der Waals surface area contributed by atoms with Crippen molar-refractivity contribution < 1.29 is 9.84 Å². The molecule has 0 bridgehead atoms. The number of aliphatic hydroxyl groups excluding tert-OH is 1. The van der Waals surface area contributed by atoms with Crippen molar-refractivity contribution in [1.29, 1.82) is 0 Å². The number of nitrogens with zero attached hydrogens (tertiary/aromatic N) is 2. The molecule has 0 saturated carbocycles. The molecule has 5 heteroatoms. The van der Waals surface area contributed by atoms with Crippen LogP contribution in [0.1, 0.15) is 18.9 Å². The Labute approximate surface area is 95.6 Å². The van der Waals surface area contributed by atoms with Crippen molar-refractivity contribution >= 4 is 21.6 Å². The van der Waals surface area contributed by atoms with Crippen molar-refractivity contribution in [3.05, 3.63) is 34.7 Å². The zero-order valence-corrected chi connectivity index (χ0v) is 9.81. The van der Waals surface area contributed by atoms with Crippen LogP contribution in [0.25, 0.3) is 5.65 Å². The van der Waals surface area contributed by atoms with E-state index in [4.69, 9.17) is 4.74 Å². The van der Waals surface area contributed by atoms with Crippen LogP contribution in [-0.4, -0.2) is 21.1 Å². The number of aliphatic hydroxyl groups is 1. The number of rotatable bonds is 3. The van der Waals surface area contributed by atoms with Gasteiger partial charge >= 0.3 is 0 Å². The summed E-state index contributed by atoms with van der Waals surface area (Å²) in [5, 5.41) is 9.58. The van der Waals surface area contributed by atoms with Crippen LogP contribution in [0.5, 0.6) is 0 Å². The third-order valence-corrected chi connectivity index (χ3v) is 2.48. The molecule has 15 heavy (non-hydrogen) atoms. The van der Waals surface area contributed by atoms with Gasteiger partial charge in [0, 0.05) is 23.5 Å². The maximum atomic E-state index is 9.58. The lowest BCUT2D eigenvalue weighted by molar-refractivity contribution is -0.100. The Hall–Kier alpha value is -0.910. The lowest BCUT2D eigenvalue weighted by Crippen LogP contribution is -2.02. The quantitative estimate of drug-likeness (QED) is 0.870. The average molecular weight is 271 g/mol. The molecule has 2 heterocycles. The van der Waals surface area contributed by atoms with Crippen LogP contribution in [0.3, 0.4) is 0 Å². The fourth-order valence-corrected chi connectivity index (χ4v) is 1.70. The van der Waals surface area contributed by atoms with E-state index >= 15 is 0 Å². The van der Waals surface area contributed by atoms with Crippen molar-refractivity contribution in [2.45, 2.75) is 13.2 Å². The molecule has 80 valence electrons. The van der Waals surface area contributed by atoms with Crippen molar-refractivity contribution in [3.8, 4) is 0 Å². The second-order valence-corrected chi connectivity index (χ2v) is 4.00. The highest BCUT2D eigenvalue weighted by Gasteiger charge is 2.11. The zero-order chi connectivity index (χ0) is 10.8. The molecule has 1 atom stereocenters. The van der Waals surface area contributed by atoms with Crippen LogP contribution in [0, 0.1) is 0 Å². The van der Waals surface area contributed by atoms with E-state index in [1.807, 2.05) is 29.7 Å². The Bertz CT molecular complexity index is 469. The zero-order valence-electron chi connectivity index (χ0n) is 8.22. The molecular weight excluding hydrogens is 260 g/mol. The van der Waals surface area contributed by atoms with Gasteiger partial charge in [-0.15, -0.1) is 0 Å². The summed E-state index contributed by atoms with van der Waals surface area (Å²) in [6.07, 6.45) is 2.68. The summed E-state index contributed by atoms with van der Waals surface area (Å²) in [5.41, 5.74) is 1.31. The summed E-state index contributed by atoms with van der Waals surface area (Å²) in [4.78, 5) is 4.24. The van der Waals surface area contributed by atoms with Crippen LogP contribution >= 0.6 is 15.9 Å². The Morgan fingerprint density at radius 3 is 3.07 bits per heavy atom. The normalized spacial score (nSPS) is 13.3. The molecule has 4 nitrogen and oxygen atoms in total. The standard InChI is InChI=1S/C10H11BrN2O2/c1-2-15-10(14)8-6-13-5-7(11)3-4-9(13)12-8/h3-6,10,14H,2H2,1H3. The number of pyridine rings is 1. The molecule has 0 spiro atoms. The Morgan fingerprint density at radius 2 is 2.33 bits per heavy atom. The third-order valence-electron chi connectivity index (χ3n) is 2.01. The molecule has 0 amide bonds. The third kappa shape index (κ3) is 2.19. The fourth-order valence-electron chi connectivity index (χ4n) is 1.35. The van der Waals surface area contributed by atoms with Crippen LogP contribution in [0.2, 0.25) is 0 Å². The first-order valence-electron chi connectivity index (χ1n) is 4.64. The summed E-state index contributed by atoms with van der Waals surface area (Å²) in [5.74, 6) is 0. The van der Waals surface area contributed by atoms with Crippen LogP contribution in [0.4, 0.5) is 0 Å². The van der Waals surface area contributed by atoms with Gasteiger partial charge in [0.25, 0.3) is 0 Å². The molecule has 0 aliphatic rings. The molecule has 0 radical (unpaired) electrons. The van der Waals surface area contributed by atoms with Gasteiger partial charge in [-0.25, -0.2) is 4.98 Å². The number of ether oxygens (including phenoxy) is 1. The summed E-state index contributed by atoms with van der Waals surface area (Å²) < 4.78 is 7.85. The Morgan fingerprint density at radius 1 is 1.53 bits per heavy atom. The van der Waals surface area contributed by atoms with E-state index in [0.717, 1.165) is 10.1 Å². The molecule has 1 unspecified atom stereocenters. The van der Waals surface area contributed by atoms with Gasteiger partial charge in [-0.1, -0.05) is 0 Å². The van der Waals surface area contributed by atoms with E-state index < -0.39 is 6.29 Å². The number of fused-ring (bicyclic) bond motifs is 1. The van der Waals surface area contributed by atoms with Gasteiger partial charge < -0.3 is 14.2 Å². The smallest absolute Gasteiger partial charge is 0.200 e. The number of hydrogen-bond acceptors (Lipinski definition) is 3. The maximum Gasteiger partial charge on any atom is 0.200 e. The maximum absolute atomic E-state index is 9.58. The predicted octanol–water partition coefficient (Wildman–Crippen LogP) is 2.12. The minimum atomic E-state index is -0.950. The van der Waals surface area contributed by atoms with Crippen LogP contribution in [-0.2, 0) is 4.74 Å². The van der Waals surface area contributed by atoms with E-state index in [1.54, 1.807) is 6.20 Å². The largest absolute Gasteiger partial charge is 0.363 e. The van der Waals surface area contributed by atoms with Gasteiger partial charge in [0.2, 0.25) is 0 Å². The number of halogens is 1. The van der Waals surface area contributed by atoms with E-state index in [-0.39, 0.29) is 0 Å². The molecule has 0 aromatic carbocycles. The first-order chi connectivity index (χ1) is 7.20. The first-order valence-corrected chi connectivity index (χ1v) is 5.44. The molecule has 2 rings (SSSR count). The van der Waals surface area contributed by atoms with Gasteiger partial charge in [0.15, 0.2) is 6.29 Å². The van der Waals surface area contributed by atoms with Crippen molar-refractivity contribution in [3.63, 3.8) is 0 Å². The average Bonchev–Trinajstić information content (AvgIpc) is 2.60. The monoisotopic (exact) mass is 270 g/mol. The predicted molar refractivity (Wildman–Crippen MR) is 59.5 cm³/mol. The van der Waals surface area contributed by atoms with Gasteiger partial charge in [0.05, 0.1) is 0 Å². The molecule has 0 aliphatic heterocycles. The van der Waals surface area contributed by atoms with E-state index in [0.29, 0.717) is 12.3 Å². The molecule has 0 fully saturated rings. The summed E-state index contributed by atoms with van der Waals surface area (Å²) in [7, 11) is 0. The summed E-state index contributed by atoms with van der Waals surface area (Å²) in [6, 6.07) is 3.77. The second kappa shape index (κ2) is 4.30. The highest BCUT2D eigenvalue weighted by atomic mass is 79.9. The van der Waals surface area contributed by atoms with Gasteiger partial charge in [-0.05, 0) is 35.0 Å². The highest BCUT2D eigenvalue weighted by molar-refractivity contribution is 9.10. The lowest BCUT2D eigenvalue weighted by Gasteiger charge is -2.05. The van der Waals surface area contributed by atoms with Gasteiger partial charge in [-0.2, -0.15) is 0 Å². The highest BCUT2D eigenvalue weighted by Crippen LogP contribution is 2.17. The van der Waals surface area contributed by atoms with Crippen molar-refractivity contribution in [2.24, 2.45) is 0 Å². The van der Waals surface area contributed by atoms with Crippen LogP contribution < -0.4 is 0 Å². The number of imidazole rings is 1. The Balaban J connectivity index is 2.38. The minimum absolute atomic E-state index is 0.457. The number of aromatic nitrogens is 2. The number of hydrogen-bond donors (Lipinski definition) is 1. The Kier molecular flexibility index (Phi) is 3.04. The van der Waals surface area contributed by atoms with E-state index in [2.05, 4.69) is 20.9 Å². The van der Waals surface area contributed by atoms with E-state index in [9.17, 15) is 5.11 Å². The first kappa shape index (κ1) is 10.6. The molecule has 2 aromatic rings. The second-order valence-electron chi connectivity index (χ2n) is 3.09. The van der Waals surface area contributed by atoms with Gasteiger partial charge in [-0.3, -0.25) is 0 Å². The van der Waals surface area contributed by atoms with Crippen LogP contribution in [0.15, 0.2) is 29.0 Å². The summed E-state index contributed by atoms with van der Waals surface area (Å²) >= 11 is 3.37. The summed E-state index contributed by atoms with van der Waals surface area (Å²) in [6.45, 7) is 2.29. The van der Waals surface area contributed by atoms with Gasteiger partial charge in [0.1, 0.15) is 11.3 Å². The minimum Gasteiger partial charge on any atom is -0.363 e. The molecular formula is C10H11BrN2O2. The fraction of sp³-hybridized carbons (Fsp3) is 0.300. The molecule has 0 aliphatic carbocycles. The molecule has 0 saturated heterocycles. The lowest BCUT2D eigenvalue weighted by atomic mass is 10.5. The van der Waals surface area contributed by atoms with Crippen molar-refractivity contribution in [2.75, 3.05) is 6.61 Å². The van der Waals surface area contributed by atoms with Crippen molar-refractivity contribution in [1.82, 2.24) is 9.38 Å². The molecule has 2 aromatic heterocycles.